The van der Waals surface area contributed by atoms with Crippen LogP contribution in [0.3, 0.4) is 0 Å². The van der Waals surface area contributed by atoms with Crippen LogP contribution in [0.5, 0.6) is 0 Å². The number of nitrogens with zero attached hydrogens (tertiary/aromatic N) is 1. The summed E-state index contributed by atoms with van der Waals surface area (Å²) in [5.74, 6) is -0.312. The van der Waals surface area contributed by atoms with Crippen LogP contribution in [0.15, 0.2) is 22.7 Å². The second-order valence-electron chi connectivity index (χ2n) is 4.65. The van der Waals surface area contributed by atoms with Crippen molar-refractivity contribution in [2.45, 2.75) is 25.3 Å². The van der Waals surface area contributed by atoms with Crippen molar-refractivity contribution < 1.29 is 9.18 Å². The second-order valence-corrected chi connectivity index (χ2v) is 5.51. The zero-order valence-corrected chi connectivity index (χ0v) is 11.6. The van der Waals surface area contributed by atoms with E-state index in [0.29, 0.717) is 12.1 Å². The SMILES string of the molecule is N[C@H]1CCCN(C(=O)Cc2cc(F)ccc2Br)C1. The van der Waals surface area contributed by atoms with Crippen LogP contribution in [0.2, 0.25) is 0 Å². The maximum Gasteiger partial charge on any atom is 0.227 e. The number of piperidine rings is 1. The smallest absolute Gasteiger partial charge is 0.227 e. The van der Waals surface area contributed by atoms with Gasteiger partial charge in [-0.1, -0.05) is 15.9 Å². The van der Waals surface area contributed by atoms with E-state index in [1.807, 2.05) is 0 Å². The van der Waals surface area contributed by atoms with Crippen molar-refractivity contribution in [3.8, 4) is 0 Å². The van der Waals surface area contributed by atoms with E-state index in [2.05, 4.69) is 15.9 Å². The molecule has 1 aromatic carbocycles. The fourth-order valence-electron chi connectivity index (χ4n) is 2.19. The Bertz CT molecular complexity index is 453. The standard InChI is InChI=1S/C13H16BrFN2O/c14-12-4-3-10(15)6-9(12)7-13(18)17-5-1-2-11(16)8-17/h3-4,6,11H,1-2,5,7-8,16H2/t11-/m0/s1. The quantitative estimate of drug-likeness (QED) is 0.908. The summed E-state index contributed by atoms with van der Waals surface area (Å²) >= 11 is 3.33. The number of carbonyl (C=O) groups is 1. The van der Waals surface area contributed by atoms with Gasteiger partial charge in [0.2, 0.25) is 5.91 Å². The number of benzene rings is 1. The van der Waals surface area contributed by atoms with Crippen LogP contribution in [0.1, 0.15) is 18.4 Å². The predicted octanol–water partition coefficient (Wildman–Crippen LogP) is 2.08. The van der Waals surface area contributed by atoms with E-state index in [-0.39, 0.29) is 24.2 Å². The van der Waals surface area contributed by atoms with Crippen LogP contribution in [-0.2, 0) is 11.2 Å². The normalized spacial score (nSPS) is 19.9. The summed E-state index contributed by atoms with van der Waals surface area (Å²) in [5.41, 5.74) is 6.53. The maximum absolute atomic E-state index is 13.1. The highest BCUT2D eigenvalue weighted by Gasteiger charge is 2.21. The molecule has 0 saturated carbocycles. The second kappa shape index (κ2) is 5.80. The molecule has 1 atom stereocenters. The molecule has 1 aromatic rings. The average Bonchev–Trinajstić information content (AvgIpc) is 2.34. The van der Waals surface area contributed by atoms with Gasteiger partial charge in [-0.05, 0) is 36.6 Å². The van der Waals surface area contributed by atoms with Gasteiger partial charge in [-0.15, -0.1) is 0 Å². The number of amides is 1. The van der Waals surface area contributed by atoms with Crippen molar-refractivity contribution in [1.82, 2.24) is 4.90 Å². The van der Waals surface area contributed by atoms with Crippen LogP contribution < -0.4 is 5.73 Å². The van der Waals surface area contributed by atoms with E-state index in [1.54, 1.807) is 11.0 Å². The third kappa shape index (κ3) is 3.29. The van der Waals surface area contributed by atoms with Gasteiger partial charge in [-0.25, -0.2) is 4.39 Å². The van der Waals surface area contributed by atoms with Gasteiger partial charge >= 0.3 is 0 Å². The number of likely N-dealkylation sites (tertiary alicyclic amines) is 1. The van der Waals surface area contributed by atoms with E-state index in [0.717, 1.165) is 23.9 Å². The molecule has 0 bridgehead atoms. The Labute approximate surface area is 114 Å². The number of halogens is 2. The van der Waals surface area contributed by atoms with E-state index in [4.69, 9.17) is 5.73 Å². The van der Waals surface area contributed by atoms with Gasteiger partial charge < -0.3 is 10.6 Å². The molecular weight excluding hydrogens is 299 g/mol. The van der Waals surface area contributed by atoms with E-state index < -0.39 is 0 Å². The lowest BCUT2D eigenvalue weighted by Gasteiger charge is -2.31. The third-order valence-electron chi connectivity index (χ3n) is 3.16. The fourth-order valence-corrected chi connectivity index (χ4v) is 2.58. The molecule has 0 spiro atoms. The molecular formula is C13H16BrFN2O. The molecule has 1 amide bonds. The molecule has 2 N–H and O–H groups in total. The molecule has 1 aliphatic heterocycles. The van der Waals surface area contributed by atoms with Crippen LogP contribution in [0.4, 0.5) is 4.39 Å². The molecule has 3 nitrogen and oxygen atoms in total. The van der Waals surface area contributed by atoms with Gasteiger partial charge in [0.1, 0.15) is 5.82 Å². The minimum Gasteiger partial charge on any atom is -0.341 e. The highest BCUT2D eigenvalue weighted by Crippen LogP contribution is 2.20. The molecule has 98 valence electrons. The Kier molecular flexibility index (Phi) is 4.35. The van der Waals surface area contributed by atoms with Crippen molar-refractivity contribution in [3.63, 3.8) is 0 Å². The zero-order chi connectivity index (χ0) is 13.1. The topological polar surface area (TPSA) is 46.3 Å². The highest BCUT2D eigenvalue weighted by atomic mass is 79.9. The van der Waals surface area contributed by atoms with Crippen LogP contribution in [-0.4, -0.2) is 29.9 Å². The lowest BCUT2D eigenvalue weighted by atomic mass is 10.1. The minimum atomic E-state index is -0.323. The first-order chi connectivity index (χ1) is 8.56. The molecule has 0 radical (unpaired) electrons. The van der Waals surface area contributed by atoms with Crippen LogP contribution in [0.25, 0.3) is 0 Å². The number of hydrogen-bond acceptors (Lipinski definition) is 2. The summed E-state index contributed by atoms with van der Waals surface area (Å²) in [6.07, 6.45) is 2.12. The lowest BCUT2D eigenvalue weighted by Crippen LogP contribution is -2.46. The van der Waals surface area contributed by atoms with Crippen molar-refractivity contribution in [2.24, 2.45) is 5.73 Å². The summed E-state index contributed by atoms with van der Waals surface area (Å²) in [7, 11) is 0. The highest BCUT2D eigenvalue weighted by molar-refractivity contribution is 9.10. The molecule has 0 unspecified atom stereocenters. The molecule has 1 aliphatic rings. The van der Waals surface area contributed by atoms with Crippen molar-refractivity contribution in [1.29, 1.82) is 0 Å². The summed E-state index contributed by atoms with van der Waals surface area (Å²) in [5, 5.41) is 0. The molecule has 2 rings (SSSR count). The van der Waals surface area contributed by atoms with Gasteiger partial charge in [0.25, 0.3) is 0 Å². The Hall–Kier alpha value is -0.940. The largest absolute Gasteiger partial charge is 0.341 e. The van der Waals surface area contributed by atoms with Gasteiger partial charge in [0.15, 0.2) is 0 Å². The van der Waals surface area contributed by atoms with Gasteiger partial charge in [-0.2, -0.15) is 0 Å². The van der Waals surface area contributed by atoms with E-state index in [9.17, 15) is 9.18 Å². The third-order valence-corrected chi connectivity index (χ3v) is 3.93. The molecule has 1 fully saturated rings. The Balaban J connectivity index is 2.04. The van der Waals surface area contributed by atoms with Gasteiger partial charge in [-0.3, -0.25) is 4.79 Å². The van der Waals surface area contributed by atoms with E-state index in [1.165, 1.54) is 12.1 Å². The number of hydrogen-bond donors (Lipinski definition) is 1. The molecule has 0 aromatic heterocycles. The van der Waals surface area contributed by atoms with Crippen molar-refractivity contribution in [2.75, 3.05) is 13.1 Å². The summed E-state index contributed by atoms with van der Waals surface area (Å²) < 4.78 is 13.9. The predicted molar refractivity (Wildman–Crippen MR) is 71.6 cm³/mol. The first-order valence-corrected chi connectivity index (χ1v) is 6.83. The summed E-state index contributed by atoms with van der Waals surface area (Å²) in [6, 6.07) is 4.46. The lowest BCUT2D eigenvalue weighted by molar-refractivity contribution is -0.131. The molecule has 18 heavy (non-hydrogen) atoms. The summed E-state index contributed by atoms with van der Waals surface area (Å²) in [4.78, 5) is 13.9. The minimum absolute atomic E-state index is 0.0106. The molecule has 0 aliphatic carbocycles. The first-order valence-electron chi connectivity index (χ1n) is 6.03. The van der Waals surface area contributed by atoms with Crippen molar-refractivity contribution >= 4 is 21.8 Å². The molecule has 1 saturated heterocycles. The van der Waals surface area contributed by atoms with Crippen LogP contribution >= 0.6 is 15.9 Å². The molecule has 1 heterocycles. The maximum atomic E-state index is 13.1. The number of rotatable bonds is 2. The van der Waals surface area contributed by atoms with Crippen LogP contribution in [0, 0.1) is 5.82 Å². The van der Waals surface area contributed by atoms with Gasteiger partial charge in [0, 0.05) is 23.6 Å². The Morgan fingerprint density at radius 3 is 3.06 bits per heavy atom. The zero-order valence-electron chi connectivity index (χ0n) is 10.0. The number of nitrogens with two attached hydrogens (primary N) is 1. The first kappa shape index (κ1) is 13.5. The fraction of sp³-hybridized carbons (Fsp3) is 0.462. The summed E-state index contributed by atoms with van der Waals surface area (Å²) in [6.45, 7) is 1.35. The van der Waals surface area contributed by atoms with Gasteiger partial charge in [0.05, 0.1) is 6.42 Å². The average molecular weight is 315 g/mol. The van der Waals surface area contributed by atoms with Crippen molar-refractivity contribution in [3.05, 3.63) is 34.1 Å². The monoisotopic (exact) mass is 314 g/mol. The van der Waals surface area contributed by atoms with E-state index >= 15 is 0 Å². The Morgan fingerprint density at radius 2 is 2.33 bits per heavy atom. The Morgan fingerprint density at radius 1 is 1.56 bits per heavy atom. The number of carbonyl (C=O) groups excluding carboxylic acids is 1. The molecule has 5 heteroatoms.